The van der Waals surface area contributed by atoms with Crippen molar-refractivity contribution in [2.24, 2.45) is 0 Å². The SMILES string of the molecule is COc1cccc([C@@H]2/C(=C(\O)c3ccc4c(c3)C[C@@H](C)O4)C(=O)C(=O)N2CCc2ccccc2)c1. The number of ether oxygens (including phenoxy) is 2. The van der Waals surface area contributed by atoms with Gasteiger partial charge in [0.05, 0.1) is 18.7 Å². The predicted octanol–water partition coefficient (Wildman–Crippen LogP) is 4.68. The first-order chi connectivity index (χ1) is 17.0. The number of ketones is 1. The molecule has 35 heavy (non-hydrogen) atoms. The first kappa shape index (κ1) is 22.7. The summed E-state index contributed by atoms with van der Waals surface area (Å²) in [4.78, 5) is 28.1. The number of benzene rings is 3. The first-order valence-corrected chi connectivity index (χ1v) is 11.7. The molecule has 1 saturated heterocycles. The monoisotopic (exact) mass is 469 g/mol. The van der Waals surface area contributed by atoms with E-state index in [9.17, 15) is 14.7 Å². The van der Waals surface area contributed by atoms with Crippen LogP contribution in [0.2, 0.25) is 0 Å². The number of hydrogen-bond donors (Lipinski definition) is 1. The second kappa shape index (κ2) is 9.29. The second-order valence-electron chi connectivity index (χ2n) is 8.96. The van der Waals surface area contributed by atoms with Gasteiger partial charge in [-0.2, -0.15) is 0 Å². The Morgan fingerprint density at radius 3 is 2.63 bits per heavy atom. The third-order valence-electron chi connectivity index (χ3n) is 6.60. The van der Waals surface area contributed by atoms with E-state index in [1.165, 1.54) is 0 Å². The molecule has 2 heterocycles. The van der Waals surface area contributed by atoms with Gasteiger partial charge in [0.15, 0.2) is 0 Å². The minimum absolute atomic E-state index is 0.0581. The van der Waals surface area contributed by atoms with Gasteiger partial charge < -0.3 is 19.5 Å². The van der Waals surface area contributed by atoms with Crippen molar-refractivity contribution in [1.29, 1.82) is 0 Å². The number of methoxy groups -OCH3 is 1. The van der Waals surface area contributed by atoms with Gasteiger partial charge >= 0.3 is 0 Å². The molecule has 2 aliphatic rings. The van der Waals surface area contributed by atoms with E-state index in [4.69, 9.17) is 9.47 Å². The molecule has 178 valence electrons. The van der Waals surface area contributed by atoms with Gasteiger partial charge in [0, 0.05) is 18.5 Å². The number of aliphatic hydroxyl groups is 1. The molecule has 1 fully saturated rings. The minimum Gasteiger partial charge on any atom is -0.507 e. The molecule has 1 amide bonds. The zero-order chi connectivity index (χ0) is 24.5. The average Bonchev–Trinajstić information content (AvgIpc) is 3.38. The highest BCUT2D eigenvalue weighted by molar-refractivity contribution is 6.46. The molecule has 0 saturated carbocycles. The highest BCUT2D eigenvalue weighted by Gasteiger charge is 2.46. The second-order valence-corrected chi connectivity index (χ2v) is 8.96. The Hall–Kier alpha value is -4.06. The molecule has 3 aromatic rings. The zero-order valence-corrected chi connectivity index (χ0v) is 19.7. The van der Waals surface area contributed by atoms with Crippen LogP contribution < -0.4 is 9.47 Å². The summed E-state index contributed by atoms with van der Waals surface area (Å²) in [6, 6.07) is 21.7. The Kier molecular flexibility index (Phi) is 6.03. The lowest BCUT2D eigenvalue weighted by Gasteiger charge is -2.25. The van der Waals surface area contributed by atoms with Crippen molar-refractivity contribution in [3.8, 4) is 11.5 Å². The average molecular weight is 470 g/mol. The van der Waals surface area contributed by atoms with E-state index in [-0.39, 0.29) is 17.4 Å². The fourth-order valence-electron chi connectivity index (χ4n) is 4.89. The summed E-state index contributed by atoms with van der Waals surface area (Å²) in [5, 5.41) is 11.4. The molecule has 6 nitrogen and oxygen atoms in total. The maximum absolute atomic E-state index is 13.3. The molecule has 3 aromatic carbocycles. The van der Waals surface area contributed by atoms with Gasteiger partial charge in [0.1, 0.15) is 23.4 Å². The molecule has 0 aliphatic carbocycles. The third kappa shape index (κ3) is 4.28. The smallest absolute Gasteiger partial charge is 0.295 e. The van der Waals surface area contributed by atoms with Crippen LogP contribution in [0, 0.1) is 0 Å². The normalized spacial score (nSPS) is 20.6. The molecule has 0 bridgehead atoms. The number of carbonyl (C=O) groups excluding carboxylic acids is 2. The number of rotatable bonds is 6. The standard InChI is InChI=1S/C29H27NO5/c1-18-15-22-16-21(11-12-24(22)35-18)27(31)25-26(20-9-6-10-23(17-20)34-2)30(29(33)28(25)32)14-13-19-7-4-3-5-8-19/h3-12,16-18,26,31H,13-15H2,1-2H3/b27-25+/t18-,26-/m1/s1. The van der Waals surface area contributed by atoms with Crippen molar-refractivity contribution in [3.63, 3.8) is 0 Å². The Morgan fingerprint density at radius 2 is 1.86 bits per heavy atom. The quantitative estimate of drug-likeness (QED) is 0.322. The van der Waals surface area contributed by atoms with E-state index in [1.54, 1.807) is 36.3 Å². The molecule has 5 rings (SSSR count). The van der Waals surface area contributed by atoms with Crippen LogP contribution >= 0.6 is 0 Å². The van der Waals surface area contributed by atoms with E-state index >= 15 is 0 Å². The van der Waals surface area contributed by atoms with Gasteiger partial charge in [-0.3, -0.25) is 9.59 Å². The lowest BCUT2D eigenvalue weighted by Crippen LogP contribution is -2.31. The highest BCUT2D eigenvalue weighted by atomic mass is 16.5. The molecule has 0 spiro atoms. The topological polar surface area (TPSA) is 76.1 Å². The number of fused-ring (bicyclic) bond motifs is 1. The van der Waals surface area contributed by atoms with Crippen LogP contribution in [-0.2, 0) is 22.4 Å². The van der Waals surface area contributed by atoms with E-state index in [0.29, 0.717) is 29.8 Å². The maximum Gasteiger partial charge on any atom is 0.295 e. The Morgan fingerprint density at radius 1 is 1.06 bits per heavy atom. The molecule has 2 atom stereocenters. The number of Topliss-reactive ketones (excluding diaryl/α,β-unsaturated/α-hetero) is 1. The summed E-state index contributed by atoms with van der Waals surface area (Å²) in [5.74, 6) is -0.0934. The number of likely N-dealkylation sites (tertiary alicyclic amines) is 1. The van der Waals surface area contributed by atoms with Gasteiger partial charge in [0.2, 0.25) is 0 Å². The Balaban J connectivity index is 1.58. The molecule has 2 aliphatic heterocycles. The van der Waals surface area contributed by atoms with Gasteiger partial charge in [-0.25, -0.2) is 0 Å². The van der Waals surface area contributed by atoms with Gasteiger partial charge in [-0.05, 0) is 60.4 Å². The van der Waals surface area contributed by atoms with Crippen molar-refractivity contribution >= 4 is 17.4 Å². The summed E-state index contributed by atoms with van der Waals surface area (Å²) in [5.41, 5.74) is 3.32. The lowest BCUT2D eigenvalue weighted by atomic mass is 9.94. The van der Waals surface area contributed by atoms with Crippen molar-refractivity contribution in [2.45, 2.75) is 31.9 Å². The summed E-state index contributed by atoms with van der Waals surface area (Å²) in [7, 11) is 1.57. The number of carbonyl (C=O) groups is 2. The molecule has 0 unspecified atom stereocenters. The highest BCUT2D eigenvalue weighted by Crippen LogP contribution is 2.41. The molecule has 6 heteroatoms. The number of aliphatic hydroxyl groups excluding tert-OH is 1. The van der Waals surface area contributed by atoms with Crippen LogP contribution in [0.5, 0.6) is 11.5 Å². The summed E-state index contributed by atoms with van der Waals surface area (Å²) in [6.07, 6.45) is 1.37. The van der Waals surface area contributed by atoms with Crippen molar-refractivity contribution in [1.82, 2.24) is 4.90 Å². The molecule has 0 aromatic heterocycles. The zero-order valence-electron chi connectivity index (χ0n) is 19.7. The van der Waals surface area contributed by atoms with Crippen LogP contribution in [0.1, 0.15) is 35.2 Å². The van der Waals surface area contributed by atoms with Crippen LogP contribution in [0.25, 0.3) is 5.76 Å². The minimum atomic E-state index is -0.725. The maximum atomic E-state index is 13.3. The van der Waals surface area contributed by atoms with Crippen molar-refractivity contribution in [2.75, 3.05) is 13.7 Å². The number of hydrogen-bond acceptors (Lipinski definition) is 5. The number of nitrogens with zero attached hydrogens (tertiary/aromatic N) is 1. The first-order valence-electron chi connectivity index (χ1n) is 11.7. The fraction of sp³-hybridized carbons (Fsp3) is 0.241. The van der Waals surface area contributed by atoms with Gasteiger partial charge in [-0.1, -0.05) is 42.5 Å². The van der Waals surface area contributed by atoms with Crippen molar-refractivity contribution < 1.29 is 24.2 Å². The summed E-state index contributed by atoms with van der Waals surface area (Å²) in [6.45, 7) is 2.32. The van der Waals surface area contributed by atoms with Crippen LogP contribution in [0.3, 0.4) is 0 Å². The van der Waals surface area contributed by atoms with Crippen molar-refractivity contribution in [3.05, 3.63) is 101 Å². The summed E-state index contributed by atoms with van der Waals surface area (Å²) >= 11 is 0. The van der Waals surface area contributed by atoms with Crippen LogP contribution in [-0.4, -0.2) is 41.5 Å². The predicted molar refractivity (Wildman–Crippen MR) is 132 cm³/mol. The summed E-state index contributed by atoms with van der Waals surface area (Å²) < 4.78 is 11.2. The van der Waals surface area contributed by atoms with E-state index in [1.807, 2.05) is 55.5 Å². The van der Waals surface area contributed by atoms with Gasteiger partial charge in [0.25, 0.3) is 11.7 Å². The van der Waals surface area contributed by atoms with E-state index in [2.05, 4.69) is 0 Å². The van der Waals surface area contributed by atoms with Gasteiger partial charge in [-0.15, -0.1) is 0 Å². The molecular formula is C29H27NO5. The van der Waals surface area contributed by atoms with Crippen LogP contribution in [0.4, 0.5) is 0 Å². The molecule has 1 N–H and O–H groups in total. The van der Waals surface area contributed by atoms with Crippen LogP contribution in [0.15, 0.2) is 78.4 Å². The fourth-order valence-corrected chi connectivity index (χ4v) is 4.89. The largest absolute Gasteiger partial charge is 0.507 e. The van der Waals surface area contributed by atoms with E-state index in [0.717, 1.165) is 23.3 Å². The van der Waals surface area contributed by atoms with E-state index < -0.39 is 17.7 Å². The number of amides is 1. The third-order valence-corrected chi connectivity index (χ3v) is 6.60. The Labute approximate surface area is 204 Å². The molecular weight excluding hydrogens is 442 g/mol. The lowest BCUT2D eigenvalue weighted by molar-refractivity contribution is -0.139. The Bertz CT molecular complexity index is 1310. The molecule has 0 radical (unpaired) electrons.